The van der Waals surface area contributed by atoms with Crippen LogP contribution in [0.5, 0.6) is 0 Å². The molecule has 3 N–H and O–H groups in total. The smallest absolute Gasteiger partial charge is 0.462 e. The summed E-state index contributed by atoms with van der Waals surface area (Å²) in [4.78, 5) is 71.5. The molecule has 0 radical (unpaired) electrons. The number of rotatable bonds is 56. The van der Waals surface area contributed by atoms with Crippen molar-refractivity contribution in [3.8, 4) is 0 Å². The van der Waals surface area contributed by atoms with Gasteiger partial charge in [-0.2, -0.15) is 0 Å². The quantitative estimate of drug-likeness (QED) is 0.0222. The summed E-state index contributed by atoms with van der Waals surface area (Å²) in [5, 5.41) is 10.5. The summed E-state index contributed by atoms with van der Waals surface area (Å²) < 4.78 is 67.4. The van der Waals surface area contributed by atoms with Gasteiger partial charge in [0, 0.05) is 25.7 Å². The summed E-state index contributed by atoms with van der Waals surface area (Å²) in [5.74, 6) is -1.49. The standard InChI is InChI=1S/C56H108O17P2/c1-6-9-12-15-17-19-21-23-25-31-36-41-55(60)72-52(46-67-54(59)40-35-30-24-22-20-18-16-13-10-7-2)48-71-75(64,65)69-44-50(57)43-68-74(62,63)70-47-51(45-66-53(58)39-34-28-14-11-8-3)73-56(61)42-37-32-27-26-29-33-38-49(4)5/h49-52,57H,6-48H2,1-5H3,(H,62,63)(H,64,65)/t50-,51+,52+/m0/s1. The van der Waals surface area contributed by atoms with Crippen molar-refractivity contribution in [1.29, 1.82) is 0 Å². The molecular weight excluding hydrogens is 1010 g/mol. The highest BCUT2D eigenvalue weighted by molar-refractivity contribution is 7.47. The molecule has 0 fully saturated rings. The van der Waals surface area contributed by atoms with Crippen molar-refractivity contribution in [2.75, 3.05) is 39.6 Å². The fourth-order valence-electron chi connectivity index (χ4n) is 8.17. The lowest BCUT2D eigenvalue weighted by Gasteiger charge is -2.21. The van der Waals surface area contributed by atoms with Crippen LogP contribution in [0.1, 0.15) is 272 Å². The molecule has 0 aliphatic heterocycles. The normalized spacial score (nSPS) is 14.5. The molecule has 75 heavy (non-hydrogen) atoms. The van der Waals surface area contributed by atoms with Gasteiger partial charge in [0.05, 0.1) is 26.4 Å². The Morgan fingerprint density at radius 3 is 0.907 bits per heavy atom. The number of ether oxygens (including phenoxy) is 4. The molecule has 0 aromatic rings. The van der Waals surface area contributed by atoms with E-state index < -0.39 is 97.5 Å². The molecule has 0 aromatic heterocycles. The molecule has 0 saturated heterocycles. The first-order valence-corrected chi connectivity index (χ1v) is 32.6. The zero-order chi connectivity index (χ0) is 55.7. The fourth-order valence-corrected chi connectivity index (χ4v) is 9.75. The minimum absolute atomic E-state index is 0.101. The zero-order valence-corrected chi connectivity index (χ0v) is 49.5. The maximum absolute atomic E-state index is 12.9. The Balaban J connectivity index is 5.18. The highest BCUT2D eigenvalue weighted by Crippen LogP contribution is 2.45. The first-order chi connectivity index (χ1) is 36.0. The van der Waals surface area contributed by atoms with Crippen LogP contribution in [0.15, 0.2) is 0 Å². The van der Waals surface area contributed by atoms with E-state index in [1.54, 1.807) is 0 Å². The Morgan fingerprint density at radius 1 is 0.360 bits per heavy atom. The predicted octanol–water partition coefficient (Wildman–Crippen LogP) is 14.7. The largest absolute Gasteiger partial charge is 0.472 e. The van der Waals surface area contributed by atoms with Crippen LogP contribution in [0.2, 0.25) is 0 Å². The van der Waals surface area contributed by atoms with E-state index in [0.717, 1.165) is 96.3 Å². The van der Waals surface area contributed by atoms with E-state index in [9.17, 15) is 43.2 Å². The molecule has 0 spiro atoms. The molecule has 19 heteroatoms. The average molecular weight is 1120 g/mol. The monoisotopic (exact) mass is 1110 g/mol. The van der Waals surface area contributed by atoms with E-state index in [2.05, 4.69) is 34.6 Å². The molecule has 0 aliphatic carbocycles. The van der Waals surface area contributed by atoms with Gasteiger partial charge in [0.1, 0.15) is 19.3 Å². The molecule has 2 unspecified atom stereocenters. The second kappa shape index (κ2) is 50.3. The lowest BCUT2D eigenvalue weighted by molar-refractivity contribution is -0.161. The third-order valence-electron chi connectivity index (χ3n) is 12.8. The first kappa shape index (κ1) is 73.1. The van der Waals surface area contributed by atoms with Gasteiger partial charge in [-0.25, -0.2) is 9.13 Å². The summed E-state index contributed by atoms with van der Waals surface area (Å²) in [6.07, 6.45) is 31.2. The van der Waals surface area contributed by atoms with Gasteiger partial charge in [-0.1, -0.05) is 221 Å². The van der Waals surface area contributed by atoms with Gasteiger partial charge in [-0.15, -0.1) is 0 Å². The van der Waals surface area contributed by atoms with Crippen LogP contribution in [-0.2, 0) is 65.4 Å². The molecule has 17 nitrogen and oxygen atoms in total. The topological polar surface area (TPSA) is 237 Å². The molecule has 0 heterocycles. The number of aliphatic hydroxyl groups excluding tert-OH is 1. The molecular formula is C56H108O17P2. The van der Waals surface area contributed by atoms with Crippen molar-refractivity contribution >= 4 is 39.5 Å². The second-order valence-electron chi connectivity index (χ2n) is 20.8. The van der Waals surface area contributed by atoms with Crippen molar-refractivity contribution in [3.05, 3.63) is 0 Å². The number of esters is 4. The van der Waals surface area contributed by atoms with E-state index in [4.69, 9.17) is 37.0 Å². The van der Waals surface area contributed by atoms with Crippen LogP contribution in [0, 0.1) is 5.92 Å². The van der Waals surface area contributed by atoms with E-state index >= 15 is 0 Å². The molecule has 0 bridgehead atoms. The first-order valence-electron chi connectivity index (χ1n) is 29.6. The van der Waals surface area contributed by atoms with Gasteiger partial charge in [0.15, 0.2) is 12.2 Å². The zero-order valence-electron chi connectivity index (χ0n) is 47.7. The summed E-state index contributed by atoms with van der Waals surface area (Å²) in [6.45, 7) is 6.94. The summed E-state index contributed by atoms with van der Waals surface area (Å²) in [7, 11) is -9.86. The van der Waals surface area contributed by atoms with Crippen LogP contribution in [0.3, 0.4) is 0 Å². The van der Waals surface area contributed by atoms with Gasteiger partial charge in [-0.05, 0) is 31.6 Å². The van der Waals surface area contributed by atoms with Crippen molar-refractivity contribution < 1.29 is 80.2 Å². The minimum Gasteiger partial charge on any atom is -0.462 e. The van der Waals surface area contributed by atoms with Gasteiger partial charge in [0.25, 0.3) is 0 Å². The SMILES string of the molecule is CCCCCCCCCCCCCC(=O)O[C@H](COC(=O)CCCCCCCCCCCC)COP(=O)(O)OC[C@@H](O)COP(=O)(O)OC[C@@H](COC(=O)CCCCCCC)OC(=O)CCCCCCCCC(C)C. The number of unbranched alkanes of at least 4 members (excludes halogenated alkanes) is 28. The fraction of sp³-hybridized carbons (Fsp3) is 0.929. The van der Waals surface area contributed by atoms with Crippen LogP contribution in [0.4, 0.5) is 0 Å². The minimum atomic E-state index is -4.93. The van der Waals surface area contributed by atoms with E-state index in [-0.39, 0.29) is 25.7 Å². The Hall–Kier alpha value is -1.94. The van der Waals surface area contributed by atoms with Gasteiger partial charge < -0.3 is 33.8 Å². The molecule has 0 aromatic carbocycles. The van der Waals surface area contributed by atoms with Gasteiger partial charge in [-0.3, -0.25) is 37.3 Å². The van der Waals surface area contributed by atoms with E-state index in [1.807, 2.05) is 0 Å². The molecule has 5 atom stereocenters. The maximum Gasteiger partial charge on any atom is 0.472 e. The number of carbonyl (C=O) groups excluding carboxylic acids is 4. The van der Waals surface area contributed by atoms with Crippen LogP contribution in [0.25, 0.3) is 0 Å². The number of carbonyl (C=O) groups is 4. The molecule has 0 amide bonds. The molecule has 444 valence electrons. The number of aliphatic hydroxyl groups is 1. The summed E-state index contributed by atoms with van der Waals surface area (Å²) >= 11 is 0. The van der Waals surface area contributed by atoms with Crippen LogP contribution < -0.4 is 0 Å². The Bertz CT molecular complexity index is 1480. The average Bonchev–Trinajstić information content (AvgIpc) is 3.37. The van der Waals surface area contributed by atoms with Crippen molar-refractivity contribution in [1.82, 2.24) is 0 Å². The van der Waals surface area contributed by atoms with Gasteiger partial charge in [0.2, 0.25) is 0 Å². The number of hydrogen-bond donors (Lipinski definition) is 3. The van der Waals surface area contributed by atoms with Crippen LogP contribution in [-0.4, -0.2) is 96.7 Å². The third kappa shape index (κ3) is 51.3. The molecule has 0 aliphatic rings. The number of phosphoric acid groups is 2. The van der Waals surface area contributed by atoms with Crippen molar-refractivity contribution in [3.63, 3.8) is 0 Å². The van der Waals surface area contributed by atoms with Gasteiger partial charge >= 0.3 is 39.5 Å². The van der Waals surface area contributed by atoms with E-state index in [0.29, 0.717) is 31.6 Å². The summed E-state index contributed by atoms with van der Waals surface area (Å²) in [5.41, 5.74) is 0. The lowest BCUT2D eigenvalue weighted by Crippen LogP contribution is -2.30. The predicted molar refractivity (Wildman–Crippen MR) is 294 cm³/mol. The maximum atomic E-state index is 12.9. The Labute approximate surface area is 454 Å². The summed E-state index contributed by atoms with van der Waals surface area (Å²) in [6, 6.07) is 0. The van der Waals surface area contributed by atoms with Crippen LogP contribution >= 0.6 is 15.6 Å². The lowest BCUT2D eigenvalue weighted by atomic mass is 10.0. The second-order valence-corrected chi connectivity index (χ2v) is 23.7. The Morgan fingerprint density at radius 2 is 0.613 bits per heavy atom. The van der Waals surface area contributed by atoms with Crippen molar-refractivity contribution in [2.45, 2.75) is 291 Å². The highest BCUT2D eigenvalue weighted by atomic mass is 31.2. The molecule has 0 rings (SSSR count). The highest BCUT2D eigenvalue weighted by Gasteiger charge is 2.30. The number of phosphoric ester groups is 2. The molecule has 0 saturated carbocycles. The van der Waals surface area contributed by atoms with Crippen molar-refractivity contribution in [2.24, 2.45) is 5.92 Å². The number of hydrogen-bond acceptors (Lipinski definition) is 15. The van der Waals surface area contributed by atoms with E-state index in [1.165, 1.54) is 89.9 Å². The third-order valence-corrected chi connectivity index (χ3v) is 14.7. The Kier molecular flexibility index (Phi) is 49.0.